The number of imidazole rings is 1. The average Bonchev–Trinajstić information content (AvgIpc) is 3.05. The maximum absolute atomic E-state index is 12.3. The molecule has 1 N–H and O–H groups in total. The van der Waals surface area contributed by atoms with E-state index in [0.717, 1.165) is 39.1 Å². The second-order valence-electron chi connectivity index (χ2n) is 6.94. The fraction of sp³-hybridized carbons (Fsp3) is 0.778. The predicted molar refractivity (Wildman–Crippen MR) is 101 cm³/mol. The topological polar surface area (TPSA) is 103 Å². The van der Waals surface area contributed by atoms with E-state index in [0.29, 0.717) is 30.9 Å². The third kappa shape index (κ3) is 6.00. The Kier molecular flexibility index (Phi) is 8.18. The summed E-state index contributed by atoms with van der Waals surface area (Å²) in [5.74, 6) is 0.837. The SMILES string of the molecule is CCC(CC)C(CNC(=O)CCn1cc([N+](=O)[O-])nc1C)N1CCOCC1. The van der Waals surface area contributed by atoms with Crippen LogP contribution in [0.15, 0.2) is 6.20 Å². The smallest absolute Gasteiger partial charge is 0.379 e. The third-order valence-corrected chi connectivity index (χ3v) is 5.35. The van der Waals surface area contributed by atoms with E-state index in [2.05, 4.69) is 29.0 Å². The van der Waals surface area contributed by atoms with Crippen LogP contribution in [0.2, 0.25) is 0 Å². The molecule has 0 radical (unpaired) electrons. The predicted octanol–water partition coefficient (Wildman–Crippen LogP) is 1.74. The molecule has 1 atom stereocenters. The first-order chi connectivity index (χ1) is 13.0. The van der Waals surface area contributed by atoms with Crippen LogP contribution < -0.4 is 5.32 Å². The molecule has 9 nitrogen and oxygen atoms in total. The maximum Gasteiger partial charge on any atom is 0.381 e. The highest BCUT2D eigenvalue weighted by atomic mass is 16.6. The van der Waals surface area contributed by atoms with Crippen LogP contribution in [-0.4, -0.2) is 64.2 Å². The lowest BCUT2D eigenvalue weighted by molar-refractivity contribution is -0.389. The molecule has 0 aliphatic carbocycles. The van der Waals surface area contributed by atoms with E-state index in [-0.39, 0.29) is 18.1 Å². The maximum atomic E-state index is 12.3. The van der Waals surface area contributed by atoms with Gasteiger partial charge in [-0.3, -0.25) is 9.69 Å². The standard InChI is InChI=1S/C18H31N5O4/c1-4-15(5-2)16(21-8-10-27-11-9-21)12-19-18(24)6-7-22-13-17(23(25)26)20-14(22)3/h13,15-16H,4-12H2,1-3H3,(H,19,24). The summed E-state index contributed by atoms with van der Waals surface area (Å²) in [7, 11) is 0. The zero-order valence-electron chi connectivity index (χ0n) is 16.5. The van der Waals surface area contributed by atoms with Crippen LogP contribution in [0.4, 0.5) is 5.82 Å². The van der Waals surface area contributed by atoms with Crippen LogP contribution in [0, 0.1) is 23.0 Å². The summed E-state index contributed by atoms with van der Waals surface area (Å²) in [6.45, 7) is 10.4. The van der Waals surface area contributed by atoms with E-state index in [1.807, 2.05) is 0 Å². The first-order valence-corrected chi connectivity index (χ1v) is 9.72. The number of morpholine rings is 1. The molecule has 1 aromatic rings. The summed E-state index contributed by atoms with van der Waals surface area (Å²) in [6.07, 6.45) is 3.80. The van der Waals surface area contributed by atoms with Gasteiger partial charge in [0.05, 0.1) is 13.2 Å². The van der Waals surface area contributed by atoms with Crippen LogP contribution in [0.1, 0.15) is 38.9 Å². The van der Waals surface area contributed by atoms with Crippen molar-refractivity contribution in [3.63, 3.8) is 0 Å². The van der Waals surface area contributed by atoms with Gasteiger partial charge >= 0.3 is 5.82 Å². The fourth-order valence-electron chi connectivity index (χ4n) is 3.67. The summed E-state index contributed by atoms with van der Waals surface area (Å²) in [5.41, 5.74) is 0. The van der Waals surface area contributed by atoms with E-state index < -0.39 is 4.92 Å². The van der Waals surface area contributed by atoms with Crippen molar-refractivity contribution in [3.05, 3.63) is 22.1 Å². The largest absolute Gasteiger partial charge is 0.381 e. The molecule has 1 fully saturated rings. The summed E-state index contributed by atoms with van der Waals surface area (Å²) in [4.78, 5) is 28.9. The fourth-order valence-corrected chi connectivity index (χ4v) is 3.67. The zero-order valence-corrected chi connectivity index (χ0v) is 16.5. The minimum Gasteiger partial charge on any atom is -0.379 e. The molecule has 1 unspecified atom stereocenters. The lowest BCUT2D eigenvalue weighted by Gasteiger charge is -2.38. The first kappa shape index (κ1) is 21.3. The number of hydrogen-bond acceptors (Lipinski definition) is 6. The number of carbonyl (C=O) groups excluding carboxylic acids is 1. The molecule has 0 aromatic carbocycles. The Labute approximate surface area is 160 Å². The van der Waals surface area contributed by atoms with Gasteiger partial charge in [0, 0.05) is 45.6 Å². The number of amides is 1. The van der Waals surface area contributed by atoms with E-state index in [9.17, 15) is 14.9 Å². The Balaban J connectivity index is 1.88. The van der Waals surface area contributed by atoms with Crippen molar-refractivity contribution >= 4 is 11.7 Å². The summed E-state index contributed by atoms with van der Waals surface area (Å²) in [5, 5.41) is 13.8. The lowest BCUT2D eigenvalue weighted by atomic mass is 9.92. The number of aryl methyl sites for hydroxylation is 2. The van der Waals surface area contributed by atoms with Gasteiger partial charge in [0.2, 0.25) is 11.7 Å². The van der Waals surface area contributed by atoms with Gasteiger partial charge in [0.1, 0.15) is 6.20 Å². The minimum absolute atomic E-state index is 0.0463. The first-order valence-electron chi connectivity index (χ1n) is 9.72. The van der Waals surface area contributed by atoms with E-state index in [1.165, 1.54) is 6.20 Å². The number of nitrogens with zero attached hydrogens (tertiary/aromatic N) is 4. The number of ether oxygens (including phenoxy) is 1. The molecule has 27 heavy (non-hydrogen) atoms. The van der Waals surface area contributed by atoms with Gasteiger partial charge in [0.25, 0.3) is 0 Å². The number of rotatable bonds is 10. The lowest BCUT2D eigenvalue weighted by Crippen LogP contribution is -2.52. The Morgan fingerprint density at radius 2 is 2.04 bits per heavy atom. The van der Waals surface area contributed by atoms with Crippen molar-refractivity contribution in [2.45, 2.75) is 52.6 Å². The molecule has 0 saturated carbocycles. The van der Waals surface area contributed by atoms with Gasteiger partial charge in [-0.25, -0.2) is 0 Å². The van der Waals surface area contributed by atoms with E-state index in [4.69, 9.17) is 4.74 Å². The number of nitrogens with one attached hydrogen (secondary N) is 1. The van der Waals surface area contributed by atoms with Gasteiger partial charge in [-0.2, -0.15) is 0 Å². The molecule has 1 saturated heterocycles. The molecule has 2 rings (SSSR count). The quantitative estimate of drug-likeness (QED) is 0.489. The molecular weight excluding hydrogens is 350 g/mol. The highest BCUT2D eigenvalue weighted by Gasteiger charge is 2.27. The van der Waals surface area contributed by atoms with Crippen LogP contribution >= 0.6 is 0 Å². The zero-order chi connectivity index (χ0) is 19.8. The normalized spacial score (nSPS) is 16.4. The van der Waals surface area contributed by atoms with Gasteiger partial charge in [-0.1, -0.05) is 26.7 Å². The van der Waals surface area contributed by atoms with Crippen LogP contribution in [0.3, 0.4) is 0 Å². The number of carbonyl (C=O) groups is 1. The van der Waals surface area contributed by atoms with Crippen molar-refractivity contribution in [1.29, 1.82) is 0 Å². The molecule has 1 aliphatic rings. The second kappa shape index (κ2) is 10.4. The van der Waals surface area contributed by atoms with Crippen LogP contribution in [0.5, 0.6) is 0 Å². The summed E-state index contributed by atoms with van der Waals surface area (Å²) < 4.78 is 7.11. The molecule has 0 spiro atoms. The molecule has 152 valence electrons. The van der Waals surface area contributed by atoms with E-state index in [1.54, 1.807) is 11.5 Å². The second-order valence-corrected chi connectivity index (χ2v) is 6.94. The van der Waals surface area contributed by atoms with Crippen molar-refractivity contribution < 1.29 is 14.5 Å². The average molecular weight is 381 g/mol. The van der Waals surface area contributed by atoms with Crippen molar-refractivity contribution in [3.8, 4) is 0 Å². The van der Waals surface area contributed by atoms with Gasteiger partial charge in [-0.05, 0) is 15.8 Å². The Morgan fingerprint density at radius 1 is 1.37 bits per heavy atom. The molecule has 9 heteroatoms. The van der Waals surface area contributed by atoms with Gasteiger partial charge in [-0.15, -0.1) is 0 Å². The van der Waals surface area contributed by atoms with Crippen LogP contribution in [0.25, 0.3) is 0 Å². The molecular formula is C18H31N5O4. The molecule has 1 aromatic heterocycles. The minimum atomic E-state index is -0.522. The third-order valence-electron chi connectivity index (χ3n) is 5.35. The Bertz CT molecular complexity index is 623. The van der Waals surface area contributed by atoms with Crippen molar-refractivity contribution in [2.24, 2.45) is 5.92 Å². The number of hydrogen-bond donors (Lipinski definition) is 1. The molecule has 1 amide bonds. The molecule has 1 aliphatic heterocycles. The van der Waals surface area contributed by atoms with Gasteiger partial charge < -0.3 is 24.7 Å². The number of aromatic nitrogens is 2. The molecule has 0 bridgehead atoms. The summed E-state index contributed by atoms with van der Waals surface area (Å²) in [6, 6.07) is 0.309. The summed E-state index contributed by atoms with van der Waals surface area (Å²) >= 11 is 0. The highest BCUT2D eigenvalue weighted by Crippen LogP contribution is 2.19. The Morgan fingerprint density at radius 3 is 2.59 bits per heavy atom. The number of nitro groups is 1. The van der Waals surface area contributed by atoms with Gasteiger partial charge in [0.15, 0.2) is 0 Å². The van der Waals surface area contributed by atoms with Crippen molar-refractivity contribution in [1.82, 2.24) is 19.8 Å². The monoisotopic (exact) mass is 381 g/mol. The van der Waals surface area contributed by atoms with E-state index >= 15 is 0 Å². The Hall–Kier alpha value is -2.00. The highest BCUT2D eigenvalue weighted by molar-refractivity contribution is 5.75. The van der Waals surface area contributed by atoms with Crippen molar-refractivity contribution in [2.75, 3.05) is 32.8 Å². The van der Waals surface area contributed by atoms with Crippen LogP contribution in [-0.2, 0) is 16.1 Å². The molecule has 2 heterocycles.